The number of hydrogen-bond acceptors (Lipinski definition) is 2. The number of benzene rings is 2. The van der Waals surface area contributed by atoms with Gasteiger partial charge in [-0.25, -0.2) is 0 Å². The molecule has 1 N–H and O–H groups in total. The Bertz CT molecular complexity index is 732. The number of aliphatic hydroxyl groups excluding tert-OH is 1. The number of thiophene rings is 1. The van der Waals surface area contributed by atoms with Crippen LogP contribution in [0.2, 0.25) is 5.02 Å². The van der Waals surface area contributed by atoms with E-state index in [1.165, 1.54) is 5.39 Å². The average molecular weight is 289 g/mol. The topological polar surface area (TPSA) is 20.2 Å². The van der Waals surface area contributed by atoms with Crippen molar-refractivity contribution in [3.8, 4) is 0 Å². The lowest BCUT2D eigenvalue weighted by molar-refractivity contribution is 0.222. The van der Waals surface area contributed by atoms with E-state index in [1.807, 2.05) is 42.6 Å². The van der Waals surface area contributed by atoms with Crippen molar-refractivity contribution < 1.29 is 5.11 Å². The predicted molar refractivity (Wildman–Crippen MR) is 82.1 cm³/mol. The lowest BCUT2D eigenvalue weighted by Gasteiger charge is -2.13. The molecule has 3 aromatic rings. The first-order valence-corrected chi connectivity index (χ1v) is 7.33. The highest BCUT2D eigenvalue weighted by Crippen LogP contribution is 2.33. The van der Waals surface area contributed by atoms with E-state index < -0.39 is 6.10 Å². The fourth-order valence-corrected chi connectivity index (χ4v) is 3.31. The fourth-order valence-electron chi connectivity index (χ4n) is 2.25. The molecule has 96 valence electrons. The summed E-state index contributed by atoms with van der Waals surface area (Å²) in [5.74, 6) is 0. The van der Waals surface area contributed by atoms with Gasteiger partial charge in [-0.05, 0) is 40.9 Å². The van der Waals surface area contributed by atoms with Gasteiger partial charge < -0.3 is 5.11 Å². The summed E-state index contributed by atoms with van der Waals surface area (Å²) in [5, 5.41) is 14.5. The third kappa shape index (κ3) is 2.27. The van der Waals surface area contributed by atoms with Crippen LogP contribution in [0, 0.1) is 6.92 Å². The fraction of sp³-hybridized carbons (Fsp3) is 0.125. The van der Waals surface area contributed by atoms with Crippen molar-refractivity contribution in [2.75, 3.05) is 0 Å². The summed E-state index contributed by atoms with van der Waals surface area (Å²) in [6, 6.07) is 13.8. The molecule has 0 saturated heterocycles. The van der Waals surface area contributed by atoms with E-state index in [4.69, 9.17) is 11.6 Å². The standard InChI is InChI=1S/C16H13ClOS/c1-10-9-12(5-6-14(10)17)15(18)13-4-2-3-11-7-8-19-16(11)13/h2-9,15,18H,1H3. The van der Waals surface area contributed by atoms with Crippen molar-refractivity contribution in [1.82, 2.24) is 0 Å². The van der Waals surface area contributed by atoms with Crippen LogP contribution in [-0.2, 0) is 0 Å². The van der Waals surface area contributed by atoms with Crippen LogP contribution in [0.25, 0.3) is 10.1 Å². The summed E-state index contributed by atoms with van der Waals surface area (Å²) >= 11 is 7.69. The third-order valence-electron chi connectivity index (χ3n) is 3.30. The number of hydrogen-bond donors (Lipinski definition) is 1. The molecule has 0 saturated carbocycles. The molecule has 1 unspecified atom stereocenters. The van der Waals surface area contributed by atoms with Crippen LogP contribution in [0.1, 0.15) is 22.8 Å². The molecular formula is C16H13ClOS. The Morgan fingerprint density at radius 3 is 2.79 bits per heavy atom. The second-order valence-corrected chi connectivity index (χ2v) is 5.92. The Morgan fingerprint density at radius 1 is 1.16 bits per heavy atom. The van der Waals surface area contributed by atoms with Gasteiger partial charge in [-0.3, -0.25) is 0 Å². The van der Waals surface area contributed by atoms with E-state index in [0.717, 1.165) is 26.4 Å². The van der Waals surface area contributed by atoms with Crippen molar-refractivity contribution >= 4 is 33.0 Å². The molecule has 0 bridgehead atoms. The highest BCUT2D eigenvalue weighted by atomic mass is 35.5. The molecule has 0 amide bonds. The van der Waals surface area contributed by atoms with Gasteiger partial charge in [0.1, 0.15) is 6.10 Å². The molecule has 2 aromatic carbocycles. The Morgan fingerprint density at radius 2 is 2.00 bits per heavy atom. The van der Waals surface area contributed by atoms with Crippen LogP contribution < -0.4 is 0 Å². The van der Waals surface area contributed by atoms with Crippen molar-refractivity contribution in [3.63, 3.8) is 0 Å². The molecular weight excluding hydrogens is 276 g/mol. The predicted octanol–water partition coefficient (Wildman–Crippen LogP) is 4.94. The summed E-state index contributed by atoms with van der Waals surface area (Å²) in [5.41, 5.74) is 2.81. The summed E-state index contributed by atoms with van der Waals surface area (Å²) in [7, 11) is 0. The zero-order valence-corrected chi connectivity index (χ0v) is 12.0. The maximum atomic E-state index is 10.6. The summed E-state index contributed by atoms with van der Waals surface area (Å²) < 4.78 is 1.14. The second-order valence-electron chi connectivity index (χ2n) is 4.60. The first-order valence-electron chi connectivity index (χ1n) is 6.07. The molecule has 0 spiro atoms. The van der Waals surface area contributed by atoms with Crippen LogP contribution in [0.3, 0.4) is 0 Å². The minimum absolute atomic E-state index is 0.613. The highest BCUT2D eigenvalue weighted by Gasteiger charge is 2.14. The van der Waals surface area contributed by atoms with Gasteiger partial charge in [-0.2, -0.15) is 0 Å². The van der Waals surface area contributed by atoms with E-state index in [2.05, 4.69) is 12.1 Å². The Balaban J connectivity index is 2.10. The number of aliphatic hydroxyl groups is 1. The van der Waals surface area contributed by atoms with E-state index in [-0.39, 0.29) is 0 Å². The number of fused-ring (bicyclic) bond motifs is 1. The summed E-state index contributed by atoms with van der Waals surface area (Å²) in [6.45, 7) is 1.95. The molecule has 1 atom stereocenters. The lowest BCUT2D eigenvalue weighted by atomic mass is 9.99. The van der Waals surface area contributed by atoms with E-state index >= 15 is 0 Å². The molecule has 0 aliphatic carbocycles. The van der Waals surface area contributed by atoms with Crippen LogP contribution in [0.4, 0.5) is 0 Å². The smallest absolute Gasteiger partial charge is 0.105 e. The SMILES string of the molecule is Cc1cc(C(O)c2cccc3ccsc23)ccc1Cl. The zero-order valence-electron chi connectivity index (χ0n) is 10.4. The van der Waals surface area contributed by atoms with Crippen LogP contribution >= 0.6 is 22.9 Å². The molecule has 0 fully saturated rings. The van der Waals surface area contributed by atoms with Crippen LogP contribution in [-0.4, -0.2) is 5.11 Å². The van der Waals surface area contributed by atoms with Gasteiger partial charge in [0.15, 0.2) is 0 Å². The average Bonchev–Trinajstić information content (AvgIpc) is 2.89. The second kappa shape index (κ2) is 4.97. The molecule has 0 aliphatic rings. The van der Waals surface area contributed by atoms with Crippen LogP contribution in [0.5, 0.6) is 0 Å². The van der Waals surface area contributed by atoms with Crippen molar-refractivity contribution in [3.05, 3.63) is 69.6 Å². The first-order chi connectivity index (χ1) is 9.16. The normalized spacial score (nSPS) is 12.8. The van der Waals surface area contributed by atoms with Gasteiger partial charge in [0.05, 0.1) is 0 Å². The summed E-state index contributed by atoms with van der Waals surface area (Å²) in [6.07, 6.45) is -0.613. The largest absolute Gasteiger partial charge is 0.384 e. The van der Waals surface area contributed by atoms with Gasteiger partial charge in [-0.1, -0.05) is 41.9 Å². The van der Waals surface area contributed by atoms with Crippen molar-refractivity contribution in [2.45, 2.75) is 13.0 Å². The van der Waals surface area contributed by atoms with Gasteiger partial charge in [0, 0.05) is 15.3 Å². The van der Waals surface area contributed by atoms with E-state index in [9.17, 15) is 5.11 Å². The Kier molecular flexibility index (Phi) is 3.31. The minimum Gasteiger partial charge on any atom is -0.384 e. The van der Waals surface area contributed by atoms with Gasteiger partial charge in [0.25, 0.3) is 0 Å². The minimum atomic E-state index is -0.613. The van der Waals surface area contributed by atoms with E-state index in [0.29, 0.717) is 0 Å². The summed E-state index contributed by atoms with van der Waals surface area (Å²) in [4.78, 5) is 0. The van der Waals surface area contributed by atoms with Gasteiger partial charge in [-0.15, -0.1) is 11.3 Å². The molecule has 3 rings (SSSR count). The lowest BCUT2D eigenvalue weighted by Crippen LogP contribution is -2.00. The highest BCUT2D eigenvalue weighted by molar-refractivity contribution is 7.17. The molecule has 1 heterocycles. The quantitative estimate of drug-likeness (QED) is 0.708. The van der Waals surface area contributed by atoms with Crippen molar-refractivity contribution in [2.24, 2.45) is 0 Å². The zero-order chi connectivity index (χ0) is 13.4. The third-order valence-corrected chi connectivity index (χ3v) is 4.71. The van der Waals surface area contributed by atoms with Crippen LogP contribution in [0.15, 0.2) is 47.8 Å². The van der Waals surface area contributed by atoms with Gasteiger partial charge >= 0.3 is 0 Å². The monoisotopic (exact) mass is 288 g/mol. The van der Waals surface area contributed by atoms with Crippen molar-refractivity contribution in [1.29, 1.82) is 0 Å². The molecule has 0 aliphatic heterocycles. The number of aryl methyl sites for hydroxylation is 1. The first kappa shape index (κ1) is 12.7. The molecule has 19 heavy (non-hydrogen) atoms. The Hall–Kier alpha value is -1.35. The van der Waals surface area contributed by atoms with E-state index in [1.54, 1.807) is 11.3 Å². The Labute approximate surface area is 121 Å². The molecule has 0 radical (unpaired) electrons. The van der Waals surface area contributed by atoms with Gasteiger partial charge in [0.2, 0.25) is 0 Å². The maximum Gasteiger partial charge on any atom is 0.105 e. The maximum absolute atomic E-state index is 10.6. The molecule has 1 aromatic heterocycles. The number of halogens is 1. The molecule has 1 nitrogen and oxygen atoms in total. The number of rotatable bonds is 2. The molecule has 3 heteroatoms.